The van der Waals surface area contributed by atoms with Crippen LogP contribution in [0.4, 0.5) is 4.39 Å². The van der Waals surface area contributed by atoms with Crippen LogP contribution >= 0.6 is 15.9 Å². The zero-order chi connectivity index (χ0) is 17.5. The Bertz CT molecular complexity index is 967. The second kappa shape index (κ2) is 6.31. The largest absolute Gasteiger partial charge is 0.459 e. The molecule has 1 unspecified atom stereocenters. The Morgan fingerprint density at radius 1 is 1.17 bits per heavy atom. The molecule has 1 heterocycles. The first kappa shape index (κ1) is 17.1. The van der Waals surface area contributed by atoms with Crippen molar-refractivity contribution < 1.29 is 17.2 Å². The highest BCUT2D eigenvalue weighted by atomic mass is 79.9. The van der Waals surface area contributed by atoms with Gasteiger partial charge in [-0.25, -0.2) is 12.8 Å². The Morgan fingerprint density at radius 3 is 2.58 bits per heavy atom. The average Bonchev–Trinajstić information content (AvgIpc) is 2.99. The molecule has 126 valence electrons. The molecular weight excluding hydrogens is 397 g/mol. The summed E-state index contributed by atoms with van der Waals surface area (Å²) in [4.78, 5) is -0.373. The monoisotopic (exact) mass is 411 g/mol. The molecule has 7 heteroatoms. The number of benzene rings is 2. The minimum atomic E-state index is -4.01. The van der Waals surface area contributed by atoms with E-state index in [0.29, 0.717) is 15.8 Å². The molecule has 0 aliphatic carbocycles. The fraction of sp³-hybridized carbons (Fsp3) is 0.176. The smallest absolute Gasteiger partial charge is 0.246 e. The van der Waals surface area contributed by atoms with Gasteiger partial charge in [0, 0.05) is 16.9 Å². The van der Waals surface area contributed by atoms with Gasteiger partial charge in [-0.05, 0) is 37.3 Å². The maximum absolute atomic E-state index is 14.0. The van der Waals surface area contributed by atoms with E-state index in [1.807, 2.05) is 24.3 Å². The predicted molar refractivity (Wildman–Crippen MR) is 93.7 cm³/mol. The first-order chi connectivity index (χ1) is 11.3. The van der Waals surface area contributed by atoms with Gasteiger partial charge in [0.15, 0.2) is 0 Å². The lowest BCUT2D eigenvalue weighted by Crippen LogP contribution is -2.30. The van der Waals surface area contributed by atoms with Gasteiger partial charge in [0.2, 0.25) is 10.0 Å². The Labute approximate surface area is 148 Å². The van der Waals surface area contributed by atoms with Gasteiger partial charge in [-0.2, -0.15) is 4.31 Å². The summed E-state index contributed by atoms with van der Waals surface area (Å²) >= 11 is 3.17. The number of furan rings is 1. The molecule has 4 nitrogen and oxygen atoms in total. The zero-order valence-corrected chi connectivity index (χ0v) is 15.4. The molecule has 0 radical (unpaired) electrons. The van der Waals surface area contributed by atoms with Crippen LogP contribution < -0.4 is 0 Å². The van der Waals surface area contributed by atoms with Gasteiger partial charge < -0.3 is 4.42 Å². The standard InChI is InChI=1S/C17H15BrFNO3S/c1-11(16-9-12-5-3-4-6-15(12)23-16)20(2)24(21,22)17-10-13(18)7-8-14(17)19/h3-11H,1-2H3. The zero-order valence-electron chi connectivity index (χ0n) is 13.0. The van der Waals surface area contributed by atoms with Crippen LogP contribution in [0.15, 0.2) is 62.3 Å². The quantitative estimate of drug-likeness (QED) is 0.624. The Hall–Kier alpha value is -1.70. The number of halogens is 2. The number of para-hydroxylation sites is 1. The van der Waals surface area contributed by atoms with Crippen molar-refractivity contribution >= 4 is 36.9 Å². The van der Waals surface area contributed by atoms with Gasteiger partial charge in [0.1, 0.15) is 22.1 Å². The molecule has 2 aromatic carbocycles. The lowest BCUT2D eigenvalue weighted by molar-refractivity contribution is 0.346. The van der Waals surface area contributed by atoms with E-state index in [1.54, 1.807) is 13.0 Å². The van der Waals surface area contributed by atoms with E-state index in [9.17, 15) is 12.8 Å². The van der Waals surface area contributed by atoms with Crippen molar-refractivity contribution in [2.75, 3.05) is 7.05 Å². The number of hydrogen-bond donors (Lipinski definition) is 0. The Kier molecular flexibility index (Phi) is 4.50. The number of hydrogen-bond acceptors (Lipinski definition) is 3. The van der Waals surface area contributed by atoms with Gasteiger partial charge >= 0.3 is 0 Å². The van der Waals surface area contributed by atoms with Crippen LogP contribution in [0.2, 0.25) is 0 Å². The summed E-state index contributed by atoms with van der Waals surface area (Å²) < 4.78 is 46.9. The summed E-state index contributed by atoms with van der Waals surface area (Å²) in [6.07, 6.45) is 0. The fourth-order valence-electron chi connectivity index (χ4n) is 2.43. The van der Waals surface area contributed by atoms with Gasteiger partial charge in [-0.3, -0.25) is 0 Å². The molecule has 0 spiro atoms. The highest BCUT2D eigenvalue weighted by Gasteiger charge is 2.30. The maximum Gasteiger partial charge on any atom is 0.246 e. The SMILES string of the molecule is CC(c1cc2ccccc2o1)N(C)S(=O)(=O)c1cc(Br)ccc1F. The Morgan fingerprint density at radius 2 is 1.88 bits per heavy atom. The van der Waals surface area contributed by atoms with Crippen molar-refractivity contribution in [3.05, 3.63) is 64.6 Å². The van der Waals surface area contributed by atoms with E-state index in [0.717, 1.165) is 15.8 Å². The summed E-state index contributed by atoms with van der Waals surface area (Å²) in [5.74, 6) is -0.292. The maximum atomic E-state index is 14.0. The molecule has 0 saturated carbocycles. The van der Waals surface area contributed by atoms with Gasteiger partial charge in [-0.1, -0.05) is 34.1 Å². The van der Waals surface area contributed by atoms with Gasteiger partial charge in [-0.15, -0.1) is 0 Å². The third-order valence-corrected chi connectivity index (χ3v) is 6.39. The third-order valence-electron chi connectivity index (χ3n) is 3.95. The molecule has 0 aliphatic rings. The lowest BCUT2D eigenvalue weighted by Gasteiger charge is -2.23. The molecule has 0 saturated heterocycles. The van der Waals surface area contributed by atoms with Crippen molar-refractivity contribution in [1.29, 1.82) is 0 Å². The van der Waals surface area contributed by atoms with Gasteiger partial charge in [0.05, 0.1) is 6.04 Å². The van der Waals surface area contributed by atoms with Crippen molar-refractivity contribution in [3.63, 3.8) is 0 Å². The number of fused-ring (bicyclic) bond motifs is 1. The van der Waals surface area contributed by atoms with E-state index >= 15 is 0 Å². The molecule has 0 N–H and O–H groups in total. The molecule has 24 heavy (non-hydrogen) atoms. The van der Waals surface area contributed by atoms with E-state index in [2.05, 4.69) is 15.9 Å². The summed E-state index contributed by atoms with van der Waals surface area (Å²) in [6, 6.07) is 12.5. The van der Waals surface area contributed by atoms with Crippen LogP contribution in [0.5, 0.6) is 0 Å². The summed E-state index contributed by atoms with van der Waals surface area (Å²) in [6.45, 7) is 1.70. The van der Waals surface area contributed by atoms with Crippen LogP contribution in [0.3, 0.4) is 0 Å². The van der Waals surface area contributed by atoms with Crippen molar-refractivity contribution in [2.24, 2.45) is 0 Å². The first-order valence-electron chi connectivity index (χ1n) is 7.22. The fourth-order valence-corrected chi connectivity index (χ4v) is 4.36. The molecule has 0 aliphatic heterocycles. The lowest BCUT2D eigenvalue weighted by atomic mass is 10.2. The van der Waals surface area contributed by atoms with Gasteiger partial charge in [0.25, 0.3) is 0 Å². The Balaban J connectivity index is 2.00. The number of rotatable bonds is 4. The molecule has 3 rings (SSSR count). The molecule has 0 amide bonds. The van der Waals surface area contributed by atoms with E-state index in [4.69, 9.17) is 4.42 Å². The van der Waals surface area contributed by atoms with Crippen molar-refractivity contribution in [3.8, 4) is 0 Å². The summed E-state index contributed by atoms with van der Waals surface area (Å²) in [5.41, 5.74) is 0.679. The molecule has 3 aromatic rings. The second-order valence-electron chi connectivity index (χ2n) is 5.46. The van der Waals surface area contributed by atoms with Crippen LogP contribution in [0.1, 0.15) is 18.7 Å². The topological polar surface area (TPSA) is 50.5 Å². The van der Waals surface area contributed by atoms with E-state index in [-0.39, 0.29) is 4.90 Å². The first-order valence-corrected chi connectivity index (χ1v) is 9.45. The molecule has 1 aromatic heterocycles. The van der Waals surface area contributed by atoms with E-state index in [1.165, 1.54) is 19.2 Å². The highest BCUT2D eigenvalue weighted by Crippen LogP contribution is 2.31. The normalized spacial score (nSPS) is 13.5. The number of nitrogens with zero attached hydrogens (tertiary/aromatic N) is 1. The molecule has 1 atom stereocenters. The molecular formula is C17H15BrFNO3S. The third kappa shape index (κ3) is 2.99. The number of sulfonamides is 1. The summed E-state index contributed by atoms with van der Waals surface area (Å²) in [5, 5.41) is 0.888. The van der Waals surface area contributed by atoms with Crippen LogP contribution in [0, 0.1) is 5.82 Å². The van der Waals surface area contributed by atoms with Crippen LogP contribution in [0.25, 0.3) is 11.0 Å². The van der Waals surface area contributed by atoms with Crippen LogP contribution in [-0.2, 0) is 10.0 Å². The molecule has 0 bridgehead atoms. The van der Waals surface area contributed by atoms with Crippen molar-refractivity contribution in [2.45, 2.75) is 17.9 Å². The molecule has 0 fully saturated rings. The minimum Gasteiger partial charge on any atom is -0.459 e. The highest BCUT2D eigenvalue weighted by molar-refractivity contribution is 9.10. The van der Waals surface area contributed by atoms with Crippen molar-refractivity contribution in [1.82, 2.24) is 4.31 Å². The summed E-state index contributed by atoms with van der Waals surface area (Å²) in [7, 11) is -2.60. The average molecular weight is 412 g/mol. The van der Waals surface area contributed by atoms with Crippen LogP contribution in [-0.4, -0.2) is 19.8 Å². The minimum absolute atomic E-state index is 0.373. The van der Waals surface area contributed by atoms with E-state index < -0.39 is 21.9 Å². The predicted octanol–water partition coefficient (Wildman–Crippen LogP) is 4.72. The second-order valence-corrected chi connectivity index (χ2v) is 8.34.